The molecule has 0 aliphatic carbocycles. The van der Waals surface area contributed by atoms with Gasteiger partial charge in [-0.2, -0.15) is 0 Å². The molecule has 0 fully saturated rings. The van der Waals surface area contributed by atoms with Crippen LogP contribution < -0.4 is 15.8 Å². The smallest absolute Gasteiger partial charge is 0.169 e. The lowest BCUT2D eigenvalue weighted by molar-refractivity contribution is 0.274. The molecule has 1 aromatic heterocycles. The number of benzene rings is 1. The Bertz CT molecular complexity index is 564. The number of hydrogen-bond donors (Lipinski definition) is 3. The van der Waals surface area contributed by atoms with Crippen LogP contribution in [0.25, 0.3) is 0 Å². The van der Waals surface area contributed by atoms with E-state index in [1.165, 1.54) is 0 Å². The first-order chi connectivity index (χ1) is 8.74. The van der Waals surface area contributed by atoms with Crippen LogP contribution >= 0.6 is 0 Å². The number of fused-ring (bicyclic) bond motifs is 1. The number of aromatic amines is 1. The lowest BCUT2D eigenvalue weighted by Crippen LogP contribution is -2.20. The normalized spacial score (nSPS) is 17.9. The van der Waals surface area contributed by atoms with Crippen LogP contribution in [0, 0.1) is 6.92 Å². The number of nitrogens with one attached hydrogen (secondary N) is 2. The third-order valence-electron chi connectivity index (χ3n) is 3.12. The van der Waals surface area contributed by atoms with Gasteiger partial charge in [0.15, 0.2) is 5.82 Å². The Kier molecular flexibility index (Phi) is 2.59. The Hall–Kier alpha value is -2.17. The van der Waals surface area contributed by atoms with Crippen molar-refractivity contribution >= 4 is 11.6 Å². The largest absolute Gasteiger partial charge is 0.493 e. The maximum Gasteiger partial charge on any atom is 0.169 e. The maximum absolute atomic E-state index is 5.87. The van der Waals surface area contributed by atoms with E-state index in [-0.39, 0.29) is 6.04 Å². The molecular weight excluding hydrogens is 228 g/mol. The predicted molar refractivity (Wildman–Crippen MR) is 70.7 cm³/mol. The van der Waals surface area contributed by atoms with Crippen molar-refractivity contribution in [3.63, 3.8) is 0 Å². The standard InChI is InChI=1S/C13H16N4O/c1-8-15-12(14)13(16-8)17-10-6-7-18-11-5-3-2-4-9(10)11/h2-5,10,17H,6-7,14H2,1H3,(H,15,16). The van der Waals surface area contributed by atoms with Crippen molar-refractivity contribution in [2.75, 3.05) is 17.7 Å². The SMILES string of the molecule is Cc1nc(NC2CCOc3ccccc32)c(N)[nH]1. The Balaban J connectivity index is 1.88. The minimum absolute atomic E-state index is 0.194. The molecule has 2 heterocycles. The fourth-order valence-corrected chi connectivity index (χ4v) is 2.28. The number of nitrogens with two attached hydrogens (primary N) is 1. The molecule has 0 saturated carbocycles. The molecule has 1 unspecified atom stereocenters. The van der Waals surface area contributed by atoms with Gasteiger partial charge in [-0.1, -0.05) is 18.2 Å². The average Bonchev–Trinajstić information content (AvgIpc) is 2.68. The number of aryl methyl sites for hydroxylation is 1. The van der Waals surface area contributed by atoms with Crippen molar-refractivity contribution in [1.82, 2.24) is 9.97 Å². The third kappa shape index (κ3) is 1.88. The molecule has 2 aromatic rings. The molecule has 94 valence electrons. The molecule has 1 aliphatic rings. The molecule has 0 amide bonds. The Morgan fingerprint density at radius 3 is 3.06 bits per heavy atom. The third-order valence-corrected chi connectivity index (χ3v) is 3.12. The van der Waals surface area contributed by atoms with Crippen molar-refractivity contribution in [3.05, 3.63) is 35.7 Å². The van der Waals surface area contributed by atoms with Gasteiger partial charge in [0, 0.05) is 12.0 Å². The first kappa shape index (κ1) is 11.0. The summed E-state index contributed by atoms with van der Waals surface area (Å²) in [6.07, 6.45) is 0.905. The van der Waals surface area contributed by atoms with Gasteiger partial charge in [0.2, 0.25) is 0 Å². The summed E-state index contributed by atoms with van der Waals surface area (Å²) in [5, 5.41) is 3.38. The molecule has 1 aromatic carbocycles. The summed E-state index contributed by atoms with van der Waals surface area (Å²) in [5.41, 5.74) is 7.02. The van der Waals surface area contributed by atoms with E-state index in [1.54, 1.807) is 0 Å². The number of nitrogen functional groups attached to an aromatic ring is 1. The summed E-state index contributed by atoms with van der Waals surface area (Å²) in [6, 6.07) is 8.25. The van der Waals surface area contributed by atoms with E-state index in [1.807, 2.05) is 25.1 Å². The molecule has 18 heavy (non-hydrogen) atoms. The lowest BCUT2D eigenvalue weighted by atomic mass is 10.0. The zero-order valence-electron chi connectivity index (χ0n) is 10.2. The van der Waals surface area contributed by atoms with Crippen molar-refractivity contribution < 1.29 is 4.74 Å². The lowest BCUT2D eigenvalue weighted by Gasteiger charge is -2.26. The summed E-state index contributed by atoms with van der Waals surface area (Å²) in [5.74, 6) is 3.05. The molecule has 3 rings (SSSR count). The van der Waals surface area contributed by atoms with E-state index in [2.05, 4.69) is 21.4 Å². The predicted octanol–water partition coefficient (Wildman–Crippen LogP) is 2.24. The number of anilines is 2. The second-order valence-corrected chi connectivity index (χ2v) is 4.46. The first-order valence-electron chi connectivity index (χ1n) is 6.04. The Morgan fingerprint density at radius 1 is 1.44 bits per heavy atom. The highest BCUT2D eigenvalue weighted by Gasteiger charge is 2.22. The minimum Gasteiger partial charge on any atom is -0.493 e. The minimum atomic E-state index is 0.194. The van der Waals surface area contributed by atoms with Crippen molar-refractivity contribution in [3.8, 4) is 5.75 Å². The zero-order valence-corrected chi connectivity index (χ0v) is 10.2. The van der Waals surface area contributed by atoms with E-state index in [9.17, 15) is 0 Å². The van der Waals surface area contributed by atoms with Crippen LogP contribution in [-0.2, 0) is 0 Å². The second kappa shape index (κ2) is 4.25. The number of ether oxygens (including phenoxy) is 1. The highest BCUT2D eigenvalue weighted by molar-refractivity contribution is 5.58. The van der Waals surface area contributed by atoms with Gasteiger partial charge in [0.1, 0.15) is 17.4 Å². The van der Waals surface area contributed by atoms with Gasteiger partial charge < -0.3 is 20.8 Å². The van der Waals surface area contributed by atoms with Crippen LogP contribution in [0.3, 0.4) is 0 Å². The summed E-state index contributed by atoms with van der Waals surface area (Å²) in [7, 11) is 0. The number of imidazole rings is 1. The molecule has 5 heteroatoms. The molecule has 0 bridgehead atoms. The van der Waals surface area contributed by atoms with E-state index >= 15 is 0 Å². The van der Waals surface area contributed by atoms with E-state index in [0.29, 0.717) is 18.2 Å². The Labute approximate surface area is 105 Å². The number of H-pyrrole nitrogens is 1. The van der Waals surface area contributed by atoms with Crippen LogP contribution in [0.1, 0.15) is 23.9 Å². The number of rotatable bonds is 2. The van der Waals surface area contributed by atoms with Gasteiger partial charge in [-0.05, 0) is 13.0 Å². The Morgan fingerprint density at radius 2 is 2.28 bits per heavy atom. The number of hydrogen-bond acceptors (Lipinski definition) is 4. The van der Waals surface area contributed by atoms with Crippen LogP contribution in [0.4, 0.5) is 11.6 Å². The van der Waals surface area contributed by atoms with Crippen molar-refractivity contribution in [2.24, 2.45) is 0 Å². The van der Waals surface area contributed by atoms with Crippen LogP contribution in [0.5, 0.6) is 5.75 Å². The van der Waals surface area contributed by atoms with Crippen molar-refractivity contribution in [1.29, 1.82) is 0 Å². The summed E-state index contributed by atoms with van der Waals surface area (Å²) < 4.78 is 5.63. The molecular formula is C13H16N4O. The fourth-order valence-electron chi connectivity index (χ4n) is 2.28. The van der Waals surface area contributed by atoms with Gasteiger partial charge in [0.05, 0.1) is 12.6 Å². The van der Waals surface area contributed by atoms with E-state index in [0.717, 1.165) is 23.6 Å². The van der Waals surface area contributed by atoms with Crippen LogP contribution in [-0.4, -0.2) is 16.6 Å². The van der Waals surface area contributed by atoms with Crippen molar-refractivity contribution in [2.45, 2.75) is 19.4 Å². The van der Waals surface area contributed by atoms with E-state index < -0.39 is 0 Å². The monoisotopic (exact) mass is 244 g/mol. The second-order valence-electron chi connectivity index (χ2n) is 4.46. The molecule has 0 radical (unpaired) electrons. The number of aromatic nitrogens is 2. The quantitative estimate of drug-likeness (QED) is 0.757. The van der Waals surface area contributed by atoms with E-state index in [4.69, 9.17) is 10.5 Å². The zero-order chi connectivity index (χ0) is 12.5. The van der Waals surface area contributed by atoms with Crippen LogP contribution in [0.15, 0.2) is 24.3 Å². The van der Waals surface area contributed by atoms with Gasteiger partial charge in [-0.3, -0.25) is 0 Å². The molecule has 1 atom stereocenters. The summed E-state index contributed by atoms with van der Waals surface area (Å²) in [4.78, 5) is 7.34. The number of para-hydroxylation sites is 1. The molecule has 0 spiro atoms. The topological polar surface area (TPSA) is 76.0 Å². The van der Waals surface area contributed by atoms with Crippen LogP contribution in [0.2, 0.25) is 0 Å². The van der Waals surface area contributed by atoms with Gasteiger partial charge >= 0.3 is 0 Å². The summed E-state index contributed by atoms with van der Waals surface area (Å²) >= 11 is 0. The van der Waals surface area contributed by atoms with Gasteiger partial charge in [-0.25, -0.2) is 4.98 Å². The first-order valence-corrected chi connectivity index (χ1v) is 6.04. The highest BCUT2D eigenvalue weighted by atomic mass is 16.5. The fraction of sp³-hybridized carbons (Fsp3) is 0.308. The van der Waals surface area contributed by atoms with Gasteiger partial charge in [0.25, 0.3) is 0 Å². The maximum atomic E-state index is 5.87. The molecule has 4 N–H and O–H groups in total. The average molecular weight is 244 g/mol. The van der Waals surface area contributed by atoms with Gasteiger partial charge in [-0.15, -0.1) is 0 Å². The molecule has 0 saturated heterocycles. The number of nitrogens with zero attached hydrogens (tertiary/aromatic N) is 1. The molecule has 1 aliphatic heterocycles. The highest BCUT2D eigenvalue weighted by Crippen LogP contribution is 2.34. The molecule has 5 nitrogen and oxygen atoms in total. The summed E-state index contributed by atoms with van der Waals surface area (Å²) in [6.45, 7) is 2.59.